The average molecular weight is 476 g/mol. The summed E-state index contributed by atoms with van der Waals surface area (Å²) in [5, 5.41) is 1.08. The van der Waals surface area contributed by atoms with Crippen molar-refractivity contribution in [2.24, 2.45) is 0 Å². The zero-order valence-electron chi connectivity index (χ0n) is 18.0. The summed E-state index contributed by atoms with van der Waals surface area (Å²) in [5.41, 5.74) is 1.10. The molecular formula is C26H21NO6S. The van der Waals surface area contributed by atoms with Gasteiger partial charge in [-0.25, -0.2) is 13.2 Å². The number of ether oxygens (including phenoxy) is 1. The van der Waals surface area contributed by atoms with Gasteiger partial charge in [0.05, 0.1) is 17.4 Å². The number of hydrogen-bond donors (Lipinski definition) is 0. The maximum atomic E-state index is 13.1. The number of amides is 1. The molecule has 3 aromatic rings. The van der Waals surface area contributed by atoms with Gasteiger partial charge >= 0.3 is 5.97 Å². The predicted octanol–water partition coefficient (Wildman–Crippen LogP) is 3.42. The largest absolute Gasteiger partial charge is 0.452 e. The quantitative estimate of drug-likeness (QED) is 0.384. The van der Waals surface area contributed by atoms with Crippen molar-refractivity contribution in [3.8, 4) is 0 Å². The standard InChI is InChI=1S/C26H21NO6S/c28-24(27(20-11-5-2-6-12-20)21-15-16-34(31,32)18-21)17-33-26(30)23-14-8-7-13-22(23)25(29)19-9-3-1-4-10-19/h1-16,21H,17-18H2. The van der Waals surface area contributed by atoms with E-state index in [0.29, 0.717) is 11.3 Å². The lowest BCUT2D eigenvalue weighted by molar-refractivity contribution is -0.121. The zero-order valence-corrected chi connectivity index (χ0v) is 18.9. The molecule has 0 radical (unpaired) electrons. The molecule has 0 fully saturated rings. The Labute approximate surface area is 197 Å². The third-order valence-electron chi connectivity index (χ3n) is 5.30. The highest BCUT2D eigenvalue weighted by Crippen LogP contribution is 2.23. The van der Waals surface area contributed by atoms with E-state index in [1.54, 1.807) is 72.8 Å². The minimum Gasteiger partial charge on any atom is -0.452 e. The Morgan fingerprint density at radius 2 is 1.41 bits per heavy atom. The molecule has 0 aromatic heterocycles. The van der Waals surface area contributed by atoms with Crippen LogP contribution in [0.3, 0.4) is 0 Å². The van der Waals surface area contributed by atoms with E-state index in [-0.39, 0.29) is 22.7 Å². The van der Waals surface area contributed by atoms with Gasteiger partial charge in [0.2, 0.25) is 0 Å². The van der Waals surface area contributed by atoms with E-state index >= 15 is 0 Å². The van der Waals surface area contributed by atoms with Gasteiger partial charge in [-0.15, -0.1) is 0 Å². The van der Waals surface area contributed by atoms with Crippen molar-refractivity contribution < 1.29 is 27.5 Å². The topological polar surface area (TPSA) is 97.8 Å². The van der Waals surface area contributed by atoms with Crippen LogP contribution in [0.15, 0.2) is 96.4 Å². The second-order valence-corrected chi connectivity index (χ2v) is 9.57. The molecule has 0 saturated carbocycles. The van der Waals surface area contributed by atoms with E-state index in [0.717, 1.165) is 5.41 Å². The lowest BCUT2D eigenvalue weighted by Crippen LogP contribution is -2.43. The first-order valence-corrected chi connectivity index (χ1v) is 12.2. The summed E-state index contributed by atoms with van der Waals surface area (Å²) in [4.78, 5) is 40.1. The number of anilines is 1. The Kier molecular flexibility index (Phi) is 6.70. The van der Waals surface area contributed by atoms with Gasteiger partial charge in [-0.05, 0) is 24.3 Å². The fourth-order valence-electron chi connectivity index (χ4n) is 3.71. The number of benzene rings is 3. The normalized spacial score (nSPS) is 16.1. The van der Waals surface area contributed by atoms with Gasteiger partial charge < -0.3 is 9.64 Å². The van der Waals surface area contributed by atoms with Crippen molar-refractivity contribution >= 4 is 33.2 Å². The van der Waals surface area contributed by atoms with E-state index in [1.807, 2.05) is 0 Å². The second kappa shape index (κ2) is 9.84. The Morgan fingerprint density at radius 3 is 2.03 bits per heavy atom. The van der Waals surface area contributed by atoms with Crippen LogP contribution in [0.4, 0.5) is 5.69 Å². The molecule has 3 aromatic carbocycles. The molecule has 34 heavy (non-hydrogen) atoms. The maximum Gasteiger partial charge on any atom is 0.339 e. The molecule has 8 heteroatoms. The molecule has 0 saturated heterocycles. The summed E-state index contributed by atoms with van der Waals surface area (Å²) >= 11 is 0. The van der Waals surface area contributed by atoms with Crippen LogP contribution in [0.25, 0.3) is 0 Å². The molecule has 4 rings (SSSR count). The first-order chi connectivity index (χ1) is 16.4. The molecule has 1 heterocycles. The van der Waals surface area contributed by atoms with E-state index in [4.69, 9.17) is 4.74 Å². The SMILES string of the molecule is O=C(OCC(=O)N(c1ccccc1)C1C=CS(=O)(=O)C1)c1ccccc1C(=O)c1ccccc1. The summed E-state index contributed by atoms with van der Waals surface area (Å²) in [5.74, 6) is -2.00. The molecule has 0 bridgehead atoms. The van der Waals surface area contributed by atoms with Crippen LogP contribution in [0.5, 0.6) is 0 Å². The summed E-state index contributed by atoms with van der Waals surface area (Å²) < 4.78 is 29.1. The molecular weight excluding hydrogens is 454 g/mol. The third kappa shape index (κ3) is 5.13. The lowest BCUT2D eigenvalue weighted by atomic mass is 9.98. The number of carbonyl (C=O) groups is 3. The highest BCUT2D eigenvalue weighted by atomic mass is 32.2. The van der Waals surface area contributed by atoms with Crippen LogP contribution in [-0.2, 0) is 19.4 Å². The number of para-hydroxylation sites is 1. The maximum absolute atomic E-state index is 13.1. The Balaban J connectivity index is 1.53. The first-order valence-electron chi connectivity index (χ1n) is 10.5. The van der Waals surface area contributed by atoms with Crippen LogP contribution < -0.4 is 4.90 Å². The van der Waals surface area contributed by atoms with Gasteiger partial charge in [0, 0.05) is 22.2 Å². The van der Waals surface area contributed by atoms with Gasteiger partial charge in [0.15, 0.2) is 22.2 Å². The monoisotopic (exact) mass is 475 g/mol. The Morgan fingerprint density at radius 1 is 0.824 bits per heavy atom. The minimum absolute atomic E-state index is 0.0405. The summed E-state index contributed by atoms with van der Waals surface area (Å²) in [6.45, 7) is -0.619. The average Bonchev–Trinajstić information content (AvgIpc) is 3.22. The number of rotatable bonds is 7. The molecule has 1 aliphatic heterocycles. The van der Waals surface area contributed by atoms with Crippen molar-refractivity contribution in [2.45, 2.75) is 6.04 Å². The molecule has 1 atom stereocenters. The third-order valence-corrected chi connectivity index (χ3v) is 6.68. The van der Waals surface area contributed by atoms with Crippen molar-refractivity contribution in [3.05, 3.63) is 113 Å². The lowest BCUT2D eigenvalue weighted by Gasteiger charge is -2.27. The van der Waals surface area contributed by atoms with Gasteiger partial charge in [-0.2, -0.15) is 0 Å². The molecule has 1 aliphatic rings. The van der Waals surface area contributed by atoms with Crippen LogP contribution in [0, 0.1) is 0 Å². The summed E-state index contributed by atoms with van der Waals surface area (Å²) in [6.07, 6.45) is 1.44. The molecule has 0 spiro atoms. The first kappa shape index (κ1) is 23.1. The number of sulfone groups is 1. The highest BCUT2D eigenvalue weighted by Gasteiger charge is 2.32. The Hall–Kier alpha value is -4.04. The van der Waals surface area contributed by atoms with Gasteiger partial charge in [0.1, 0.15) is 0 Å². The van der Waals surface area contributed by atoms with Crippen LogP contribution in [0.1, 0.15) is 26.3 Å². The van der Waals surface area contributed by atoms with Crippen molar-refractivity contribution in [2.75, 3.05) is 17.3 Å². The van der Waals surface area contributed by atoms with E-state index in [1.165, 1.54) is 23.1 Å². The fourth-order valence-corrected chi connectivity index (χ4v) is 4.98. The number of esters is 1. The van der Waals surface area contributed by atoms with Gasteiger partial charge in [-0.1, -0.05) is 66.7 Å². The van der Waals surface area contributed by atoms with E-state index < -0.39 is 34.4 Å². The van der Waals surface area contributed by atoms with Crippen molar-refractivity contribution in [1.29, 1.82) is 0 Å². The second-order valence-electron chi connectivity index (χ2n) is 7.64. The summed E-state index contributed by atoms with van der Waals surface area (Å²) in [7, 11) is -3.42. The minimum atomic E-state index is -3.42. The number of nitrogens with zero attached hydrogens (tertiary/aromatic N) is 1. The van der Waals surface area contributed by atoms with E-state index in [2.05, 4.69) is 0 Å². The van der Waals surface area contributed by atoms with Crippen LogP contribution in [0.2, 0.25) is 0 Å². The van der Waals surface area contributed by atoms with E-state index in [9.17, 15) is 22.8 Å². The smallest absolute Gasteiger partial charge is 0.339 e. The highest BCUT2D eigenvalue weighted by molar-refractivity contribution is 7.94. The van der Waals surface area contributed by atoms with Crippen molar-refractivity contribution in [3.63, 3.8) is 0 Å². The summed E-state index contributed by atoms with van der Waals surface area (Å²) in [6, 6.07) is 22.6. The fraction of sp³-hybridized carbons (Fsp3) is 0.115. The van der Waals surface area contributed by atoms with Crippen molar-refractivity contribution in [1.82, 2.24) is 0 Å². The molecule has 7 nitrogen and oxygen atoms in total. The Bertz CT molecular complexity index is 1350. The molecule has 0 N–H and O–H groups in total. The van der Waals surface area contributed by atoms with Gasteiger partial charge in [0.25, 0.3) is 5.91 Å². The molecule has 172 valence electrons. The predicted molar refractivity (Wildman–Crippen MR) is 127 cm³/mol. The number of carbonyl (C=O) groups excluding carboxylic acids is 3. The molecule has 0 aliphatic carbocycles. The molecule has 1 amide bonds. The number of ketones is 1. The van der Waals surface area contributed by atoms with Crippen LogP contribution in [-0.4, -0.2) is 44.5 Å². The number of hydrogen-bond acceptors (Lipinski definition) is 6. The van der Waals surface area contributed by atoms with Crippen LogP contribution >= 0.6 is 0 Å². The van der Waals surface area contributed by atoms with Gasteiger partial charge in [-0.3, -0.25) is 9.59 Å². The molecule has 1 unspecified atom stereocenters. The zero-order chi connectivity index (χ0) is 24.1.